The van der Waals surface area contributed by atoms with Gasteiger partial charge in [-0.1, -0.05) is 23.7 Å². The maximum atomic E-state index is 12.7. The van der Waals surface area contributed by atoms with Gasteiger partial charge in [-0.3, -0.25) is 14.9 Å². The molecule has 3 amide bonds. The number of alkyl carbamates (subject to hydrolysis) is 1. The molecule has 0 aliphatic carbocycles. The molecule has 0 bridgehead atoms. The van der Waals surface area contributed by atoms with Crippen LogP contribution in [0.25, 0.3) is 0 Å². The Morgan fingerprint density at radius 3 is 2.22 bits per heavy atom. The van der Waals surface area contributed by atoms with Gasteiger partial charge in [-0.05, 0) is 19.1 Å². The van der Waals surface area contributed by atoms with Crippen molar-refractivity contribution in [2.45, 2.75) is 6.92 Å². The average molecular weight is 465 g/mol. The van der Waals surface area contributed by atoms with Crippen molar-refractivity contribution in [1.29, 1.82) is 0 Å². The summed E-state index contributed by atoms with van der Waals surface area (Å²) in [6.07, 6.45) is -0.965. The Balaban J connectivity index is 2.27. The zero-order valence-electron chi connectivity index (χ0n) is 17.5. The Morgan fingerprint density at radius 2 is 1.59 bits per heavy atom. The topological polar surface area (TPSA) is 129 Å². The highest BCUT2D eigenvalue weighted by molar-refractivity contribution is 6.34. The van der Waals surface area contributed by atoms with Gasteiger partial charge >= 0.3 is 12.1 Å². The second-order valence-corrected chi connectivity index (χ2v) is 6.44. The van der Waals surface area contributed by atoms with Crippen molar-refractivity contribution in [3.8, 4) is 11.5 Å². The van der Waals surface area contributed by atoms with Crippen LogP contribution in [-0.4, -0.2) is 51.3 Å². The predicted molar refractivity (Wildman–Crippen MR) is 114 cm³/mol. The van der Waals surface area contributed by atoms with Crippen molar-refractivity contribution in [1.82, 2.24) is 5.32 Å². The maximum absolute atomic E-state index is 12.7. The smallest absolute Gasteiger partial charge is 0.413 e. The number of amides is 3. The van der Waals surface area contributed by atoms with Crippen LogP contribution in [0.2, 0.25) is 5.02 Å². The van der Waals surface area contributed by atoms with Crippen molar-refractivity contribution >= 4 is 41.2 Å². The molecule has 0 radical (unpaired) electrons. The third-order valence-electron chi connectivity index (χ3n) is 3.96. The number of benzene rings is 2. The summed E-state index contributed by atoms with van der Waals surface area (Å²) in [6, 6.07) is 9.00. The molecule has 11 heteroatoms. The second-order valence-electron chi connectivity index (χ2n) is 6.03. The fraction of sp³-hybridized carbons (Fsp3) is 0.238. The van der Waals surface area contributed by atoms with E-state index in [0.717, 1.165) is 0 Å². The minimum Gasteiger partial charge on any atom is -0.493 e. The lowest BCUT2D eigenvalue weighted by Gasteiger charge is -2.15. The van der Waals surface area contributed by atoms with E-state index >= 15 is 0 Å². The number of imide groups is 1. The van der Waals surface area contributed by atoms with Gasteiger partial charge in [0.15, 0.2) is 18.1 Å². The number of anilines is 1. The highest BCUT2D eigenvalue weighted by atomic mass is 35.5. The standard InChI is InChI=1S/C21H21ClN2O8/c1-4-31-21(28)24-18(25)11-32-20(27)13-9-16(29-2)17(30-3)10-15(13)23-19(26)12-7-5-6-8-14(12)22/h5-10H,4,11H2,1-3H3,(H,23,26)(H,24,25,28). The van der Waals surface area contributed by atoms with Crippen LogP contribution in [0.3, 0.4) is 0 Å². The molecule has 0 aliphatic rings. The van der Waals surface area contributed by atoms with Gasteiger partial charge in [-0.2, -0.15) is 0 Å². The number of carbonyl (C=O) groups excluding carboxylic acids is 4. The average Bonchev–Trinajstić information content (AvgIpc) is 2.77. The van der Waals surface area contributed by atoms with Crippen molar-refractivity contribution < 1.29 is 38.1 Å². The molecular formula is C21H21ClN2O8. The van der Waals surface area contributed by atoms with Crippen molar-refractivity contribution in [3.63, 3.8) is 0 Å². The third kappa shape index (κ3) is 6.35. The van der Waals surface area contributed by atoms with Crippen molar-refractivity contribution in [2.75, 3.05) is 32.8 Å². The van der Waals surface area contributed by atoms with Crippen molar-refractivity contribution in [3.05, 3.63) is 52.5 Å². The van der Waals surface area contributed by atoms with Crippen LogP contribution in [-0.2, 0) is 14.3 Å². The number of hydrogen-bond acceptors (Lipinski definition) is 8. The molecule has 170 valence electrons. The zero-order valence-corrected chi connectivity index (χ0v) is 18.3. The molecule has 2 aromatic carbocycles. The molecule has 32 heavy (non-hydrogen) atoms. The van der Waals surface area contributed by atoms with Gasteiger partial charge in [-0.25, -0.2) is 9.59 Å². The number of halogens is 1. The number of ether oxygens (including phenoxy) is 4. The van der Waals surface area contributed by atoms with E-state index in [2.05, 4.69) is 10.1 Å². The summed E-state index contributed by atoms with van der Waals surface area (Å²) in [4.78, 5) is 48.4. The van der Waals surface area contributed by atoms with Gasteiger partial charge in [0, 0.05) is 12.1 Å². The normalized spacial score (nSPS) is 10.0. The van der Waals surface area contributed by atoms with Gasteiger partial charge in [0.05, 0.1) is 42.7 Å². The van der Waals surface area contributed by atoms with E-state index in [1.165, 1.54) is 32.4 Å². The Hall–Kier alpha value is -3.79. The molecule has 10 nitrogen and oxygen atoms in total. The molecule has 0 atom stereocenters. The van der Waals surface area contributed by atoms with E-state index in [9.17, 15) is 19.2 Å². The molecule has 0 unspecified atom stereocenters. The van der Waals surface area contributed by atoms with E-state index < -0.39 is 30.5 Å². The second kappa shape index (κ2) is 11.6. The van der Waals surface area contributed by atoms with E-state index in [-0.39, 0.29) is 39.9 Å². The van der Waals surface area contributed by atoms with Crippen LogP contribution >= 0.6 is 11.6 Å². The summed E-state index contributed by atoms with van der Waals surface area (Å²) in [6.45, 7) is 0.877. The highest BCUT2D eigenvalue weighted by Gasteiger charge is 2.22. The Kier molecular flexibility index (Phi) is 8.84. The first-order chi connectivity index (χ1) is 15.3. The lowest BCUT2D eigenvalue weighted by atomic mass is 10.1. The van der Waals surface area contributed by atoms with E-state index in [1.54, 1.807) is 25.1 Å². The van der Waals surface area contributed by atoms with Crippen LogP contribution < -0.4 is 20.1 Å². The highest BCUT2D eigenvalue weighted by Crippen LogP contribution is 2.34. The van der Waals surface area contributed by atoms with Crippen LogP contribution in [0.15, 0.2) is 36.4 Å². The molecule has 0 saturated heterocycles. The molecule has 0 fully saturated rings. The summed E-state index contributed by atoms with van der Waals surface area (Å²) in [5.41, 5.74) is 0.0902. The maximum Gasteiger partial charge on any atom is 0.413 e. The summed E-state index contributed by atoms with van der Waals surface area (Å²) >= 11 is 6.06. The van der Waals surface area contributed by atoms with Gasteiger partial charge in [0.2, 0.25) is 0 Å². The Labute approximate surface area is 188 Å². The molecular weight excluding hydrogens is 444 g/mol. The number of hydrogen-bond donors (Lipinski definition) is 2. The zero-order chi connectivity index (χ0) is 23.7. The van der Waals surface area contributed by atoms with Crippen LogP contribution in [0.5, 0.6) is 11.5 Å². The molecule has 2 N–H and O–H groups in total. The van der Waals surface area contributed by atoms with Gasteiger partial charge in [0.1, 0.15) is 0 Å². The number of carbonyl (C=O) groups is 4. The molecule has 0 aliphatic heterocycles. The summed E-state index contributed by atoms with van der Waals surface area (Å²) in [5, 5.41) is 4.69. The van der Waals surface area contributed by atoms with Crippen molar-refractivity contribution in [2.24, 2.45) is 0 Å². The molecule has 0 aromatic heterocycles. The minimum atomic E-state index is -0.965. The lowest BCUT2D eigenvalue weighted by Crippen LogP contribution is -2.34. The molecule has 0 heterocycles. The largest absolute Gasteiger partial charge is 0.493 e. The first-order valence-corrected chi connectivity index (χ1v) is 9.64. The SMILES string of the molecule is CCOC(=O)NC(=O)COC(=O)c1cc(OC)c(OC)cc1NC(=O)c1ccccc1Cl. The quantitative estimate of drug-likeness (QED) is 0.570. The molecule has 2 rings (SSSR count). The van der Waals surface area contributed by atoms with E-state index in [4.69, 9.17) is 25.8 Å². The predicted octanol–water partition coefficient (Wildman–Crippen LogP) is 3.04. The lowest BCUT2D eigenvalue weighted by molar-refractivity contribution is -0.123. The minimum absolute atomic E-state index is 0.0309. The van der Waals surface area contributed by atoms with Gasteiger partial charge < -0.3 is 24.3 Å². The van der Waals surface area contributed by atoms with Gasteiger partial charge in [-0.15, -0.1) is 0 Å². The fourth-order valence-corrected chi connectivity index (χ4v) is 2.73. The molecule has 0 spiro atoms. The van der Waals surface area contributed by atoms with E-state index in [1.807, 2.05) is 5.32 Å². The summed E-state index contributed by atoms with van der Waals surface area (Å²) < 4.78 is 19.9. The number of nitrogens with one attached hydrogen (secondary N) is 2. The monoisotopic (exact) mass is 464 g/mol. The molecule has 2 aromatic rings. The van der Waals surface area contributed by atoms with Gasteiger partial charge in [0.25, 0.3) is 11.8 Å². The first-order valence-electron chi connectivity index (χ1n) is 9.26. The van der Waals surface area contributed by atoms with E-state index in [0.29, 0.717) is 0 Å². The first kappa shape index (κ1) is 24.5. The van der Waals surface area contributed by atoms with Crippen LogP contribution in [0.4, 0.5) is 10.5 Å². The third-order valence-corrected chi connectivity index (χ3v) is 4.29. The fourth-order valence-electron chi connectivity index (χ4n) is 2.51. The van der Waals surface area contributed by atoms with Crippen LogP contribution in [0.1, 0.15) is 27.6 Å². The Bertz CT molecular complexity index is 1020. The Morgan fingerprint density at radius 1 is 0.938 bits per heavy atom. The molecule has 0 saturated carbocycles. The number of esters is 1. The summed E-state index contributed by atoms with van der Waals surface area (Å²) in [7, 11) is 2.75. The summed E-state index contributed by atoms with van der Waals surface area (Å²) in [5.74, 6) is -2.01. The number of methoxy groups -OCH3 is 2. The van der Waals surface area contributed by atoms with Crippen LogP contribution in [0, 0.1) is 0 Å². The number of rotatable bonds is 8.